The lowest BCUT2D eigenvalue weighted by atomic mass is 9.78. The van der Waals surface area contributed by atoms with Crippen LogP contribution in [0.5, 0.6) is 0 Å². The fourth-order valence-corrected chi connectivity index (χ4v) is 4.66. The maximum atomic E-state index is 13.9. The van der Waals surface area contributed by atoms with Crippen LogP contribution in [0.25, 0.3) is 0 Å². The van der Waals surface area contributed by atoms with E-state index in [1.807, 2.05) is 19.2 Å². The van der Waals surface area contributed by atoms with Gasteiger partial charge < -0.3 is 20.6 Å². The second-order valence-corrected chi connectivity index (χ2v) is 8.28. The van der Waals surface area contributed by atoms with Crippen molar-refractivity contribution in [3.63, 3.8) is 0 Å². The van der Waals surface area contributed by atoms with Gasteiger partial charge in [-0.1, -0.05) is 18.2 Å². The summed E-state index contributed by atoms with van der Waals surface area (Å²) >= 11 is 5.97. The van der Waals surface area contributed by atoms with E-state index in [-0.39, 0.29) is 9.99 Å². The second-order valence-electron chi connectivity index (χ2n) is 6.92. The zero-order valence-corrected chi connectivity index (χ0v) is 18.0. The van der Waals surface area contributed by atoms with E-state index >= 15 is 0 Å². The molecule has 2 heterocycles. The van der Waals surface area contributed by atoms with E-state index in [0.717, 1.165) is 30.1 Å². The first-order valence-corrected chi connectivity index (χ1v) is 10.7. The van der Waals surface area contributed by atoms with Crippen molar-refractivity contribution in [3.8, 4) is 0 Å². The lowest BCUT2D eigenvalue weighted by Crippen LogP contribution is -2.72. The lowest BCUT2D eigenvalue weighted by Gasteiger charge is -2.46. The van der Waals surface area contributed by atoms with Crippen LogP contribution < -0.4 is 15.5 Å². The van der Waals surface area contributed by atoms with E-state index in [1.165, 1.54) is 6.07 Å². The van der Waals surface area contributed by atoms with Gasteiger partial charge in [0.05, 0.1) is 10.9 Å². The summed E-state index contributed by atoms with van der Waals surface area (Å²) in [5, 5.41) is 16.6. The first kappa shape index (κ1) is 22.5. The molecule has 0 saturated carbocycles. The molecular weight excluding hydrogens is 435 g/mol. The lowest BCUT2D eigenvalue weighted by molar-refractivity contribution is -0.285. The SMILES string of the molecule is CCN(CC)c1ccc(C2NC(=S)NC(O)(C(F)(F)F)C2C(=O)c2cccs2)cc1. The summed E-state index contributed by atoms with van der Waals surface area (Å²) in [6.07, 6.45) is -5.13. The highest BCUT2D eigenvalue weighted by atomic mass is 32.1. The third-order valence-corrected chi connectivity index (χ3v) is 6.34. The molecule has 3 unspecified atom stereocenters. The average Bonchev–Trinajstić information content (AvgIpc) is 3.22. The molecule has 0 amide bonds. The van der Waals surface area contributed by atoms with Gasteiger partial charge in [-0.15, -0.1) is 11.3 Å². The largest absolute Gasteiger partial charge is 0.437 e. The van der Waals surface area contributed by atoms with Crippen molar-refractivity contribution < 1.29 is 23.1 Å². The van der Waals surface area contributed by atoms with Crippen molar-refractivity contribution >= 4 is 40.1 Å². The summed E-state index contributed by atoms with van der Waals surface area (Å²) in [5.74, 6) is -2.69. The fraction of sp³-hybridized carbons (Fsp3) is 0.400. The number of hydrogen-bond donors (Lipinski definition) is 3. The fourth-order valence-electron chi connectivity index (χ4n) is 3.67. The highest BCUT2D eigenvalue weighted by Crippen LogP contribution is 2.44. The summed E-state index contributed by atoms with van der Waals surface area (Å²) in [6, 6.07) is 8.74. The van der Waals surface area contributed by atoms with Gasteiger partial charge >= 0.3 is 6.18 Å². The molecule has 1 aliphatic heterocycles. The standard InChI is InChI=1S/C20H22F3N3O2S2/c1-3-26(4-2)13-9-7-12(8-10-13)16-15(17(27)14-6-5-11-30-14)19(28,20(21,22)23)25-18(29)24-16/h5-11,15-16,28H,3-4H2,1-2H3,(H2,24,25,29). The van der Waals surface area contributed by atoms with Crippen LogP contribution in [0.15, 0.2) is 41.8 Å². The number of Topliss-reactive ketones (excluding diaryl/α,β-unsaturated/α-hetero) is 1. The zero-order valence-electron chi connectivity index (χ0n) is 16.4. The molecule has 3 atom stereocenters. The first-order chi connectivity index (χ1) is 14.1. The Labute approximate surface area is 181 Å². The minimum Gasteiger partial charge on any atom is -0.372 e. The number of carbonyl (C=O) groups is 1. The number of anilines is 1. The van der Waals surface area contributed by atoms with Crippen LogP contribution in [0.3, 0.4) is 0 Å². The van der Waals surface area contributed by atoms with Crippen LogP contribution in [-0.2, 0) is 0 Å². The molecule has 1 aliphatic rings. The van der Waals surface area contributed by atoms with E-state index < -0.39 is 29.6 Å². The summed E-state index contributed by atoms with van der Waals surface area (Å²) in [5.41, 5.74) is -2.17. The third kappa shape index (κ3) is 4.03. The maximum Gasteiger partial charge on any atom is 0.437 e. The molecule has 0 aliphatic carbocycles. The van der Waals surface area contributed by atoms with Crippen molar-refractivity contribution in [2.45, 2.75) is 31.8 Å². The van der Waals surface area contributed by atoms with Gasteiger partial charge in [0, 0.05) is 18.8 Å². The van der Waals surface area contributed by atoms with E-state index in [4.69, 9.17) is 12.2 Å². The number of alkyl halides is 3. The molecule has 1 aromatic carbocycles. The number of halogens is 3. The molecule has 0 spiro atoms. The second kappa shape index (κ2) is 8.52. The molecule has 2 aromatic rings. The van der Waals surface area contributed by atoms with Crippen LogP contribution in [0.1, 0.15) is 35.1 Å². The summed E-state index contributed by atoms with van der Waals surface area (Å²) in [6.45, 7) is 5.56. The Bertz CT molecular complexity index is 899. The number of carbonyl (C=O) groups excluding carboxylic acids is 1. The highest BCUT2D eigenvalue weighted by molar-refractivity contribution is 7.80. The monoisotopic (exact) mass is 457 g/mol. The van der Waals surface area contributed by atoms with Gasteiger partial charge in [0.15, 0.2) is 10.9 Å². The predicted molar refractivity (Wildman–Crippen MR) is 115 cm³/mol. The molecule has 30 heavy (non-hydrogen) atoms. The zero-order chi connectivity index (χ0) is 22.1. The molecule has 5 nitrogen and oxygen atoms in total. The number of hydrogen-bond acceptors (Lipinski definition) is 5. The van der Waals surface area contributed by atoms with Gasteiger partial charge in [-0.25, -0.2) is 0 Å². The average molecular weight is 458 g/mol. The Morgan fingerprint density at radius 1 is 1.23 bits per heavy atom. The van der Waals surface area contributed by atoms with Gasteiger partial charge in [-0.2, -0.15) is 13.2 Å². The third-order valence-electron chi connectivity index (χ3n) is 5.23. The molecule has 162 valence electrons. The minimum absolute atomic E-state index is 0.129. The highest BCUT2D eigenvalue weighted by Gasteiger charge is 2.65. The van der Waals surface area contributed by atoms with E-state index in [1.54, 1.807) is 35.7 Å². The molecule has 3 rings (SSSR count). The number of aliphatic hydroxyl groups is 1. The number of thiophene rings is 1. The summed E-state index contributed by atoms with van der Waals surface area (Å²) < 4.78 is 41.8. The van der Waals surface area contributed by atoms with Crippen LogP contribution in [0.2, 0.25) is 0 Å². The van der Waals surface area contributed by atoms with E-state index in [9.17, 15) is 23.1 Å². The van der Waals surface area contributed by atoms with Gasteiger partial charge in [0.1, 0.15) is 5.92 Å². The topological polar surface area (TPSA) is 64.6 Å². The Morgan fingerprint density at radius 3 is 2.37 bits per heavy atom. The smallest absolute Gasteiger partial charge is 0.372 e. The molecule has 1 saturated heterocycles. The summed E-state index contributed by atoms with van der Waals surface area (Å²) in [4.78, 5) is 15.3. The molecule has 1 fully saturated rings. The van der Waals surface area contributed by atoms with Crippen molar-refractivity contribution in [1.82, 2.24) is 10.6 Å². The molecule has 3 N–H and O–H groups in total. The molecule has 0 radical (unpaired) electrons. The number of nitrogens with zero attached hydrogens (tertiary/aromatic N) is 1. The van der Waals surface area contributed by atoms with Crippen molar-refractivity contribution in [1.29, 1.82) is 0 Å². The number of nitrogens with one attached hydrogen (secondary N) is 2. The first-order valence-electron chi connectivity index (χ1n) is 9.42. The molecule has 0 bridgehead atoms. The van der Waals surface area contributed by atoms with Gasteiger partial charge in [-0.3, -0.25) is 4.79 Å². The Kier molecular flexibility index (Phi) is 6.40. The van der Waals surface area contributed by atoms with E-state index in [0.29, 0.717) is 5.56 Å². The van der Waals surface area contributed by atoms with Crippen molar-refractivity contribution in [3.05, 3.63) is 52.2 Å². The van der Waals surface area contributed by atoms with Crippen molar-refractivity contribution in [2.75, 3.05) is 18.0 Å². The molecule has 1 aromatic heterocycles. The molecule has 10 heteroatoms. The number of benzene rings is 1. The quantitative estimate of drug-likeness (QED) is 0.452. The Hall–Kier alpha value is -2.17. The van der Waals surface area contributed by atoms with Crippen molar-refractivity contribution in [2.24, 2.45) is 5.92 Å². The van der Waals surface area contributed by atoms with E-state index in [2.05, 4.69) is 10.2 Å². The normalized spacial score (nSPS) is 24.1. The number of ketones is 1. The van der Waals surface area contributed by atoms with Crippen LogP contribution in [0.4, 0.5) is 18.9 Å². The van der Waals surface area contributed by atoms with Crippen LogP contribution >= 0.6 is 23.6 Å². The van der Waals surface area contributed by atoms with Crippen LogP contribution in [-0.4, -0.2) is 41.0 Å². The summed E-state index contributed by atoms with van der Waals surface area (Å²) in [7, 11) is 0. The predicted octanol–water partition coefficient (Wildman–Crippen LogP) is 3.86. The van der Waals surface area contributed by atoms with Gasteiger partial charge in [-0.05, 0) is 55.2 Å². The Balaban J connectivity index is 2.07. The molecular formula is C20H22F3N3O2S2. The van der Waals surface area contributed by atoms with Crippen LogP contribution in [0, 0.1) is 5.92 Å². The van der Waals surface area contributed by atoms with Gasteiger partial charge in [0.25, 0.3) is 0 Å². The number of rotatable bonds is 6. The maximum absolute atomic E-state index is 13.9. The van der Waals surface area contributed by atoms with Gasteiger partial charge in [0.2, 0.25) is 5.72 Å². The minimum atomic E-state index is -5.13. The number of thiocarbonyl (C=S) groups is 1. The Morgan fingerprint density at radius 2 is 1.87 bits per heavy atom.